The third-order valence-corrected chi connectivity index (χ3v) is 3.43. The Bertz CT molecular complexity index is 238. The Balaban J connectivity index is 2.50. The van der Waals surface area contributed by atoms with Crippen LogP contribution >= 0.6 is 0 Å². The fourth-order valence-electron chi connectivity index (χ4n) is 2.29. The molecule has 0 aliphatic heterocycles. The van der Waals surface area contributed by atoms with Crippen LogP contribution in [0.25, 0.3) is 0 Å². The Morgan fingerprint density at radius 1 is 1.29 bits per heavy atom. The van der Waals surface area contributed by atoms with Gasteiger partial charge in [-0.2, -0.15) is 0 Å². The molecule has 0 saturated heterocycles. The van der Waals surface area contributed by atoms with E-state index in [9.17, 15) is 0 Å². The molecule has 0 amide bonds. The summed E-state index contributed by atoms with van der Waals surface area (Å²) in [6, 6.07) is 0.513. The summed E-state index contributed by atoms with van der Waals surface area (Å²) >= 11 is 0. The van der Waals surface area contributed by atoms with Crippen LogP contribution in [0.3, 0.4) is 0 Å². The van der Waals surface area contributed by atoms with Gasteiger partial charge in [0, 0.05) is 12.6 Å². The first-order valence-electron chi connectivity index (χ1n) is 6.91. The summed E-state index contributed by atoms with van der Waals surface area (Å²) in [6.07, 6.45) is 6.55. The maximum atomic E-state index is 5.52. The molecule has 4 N–H and O–H groups in total. The maximum absolute atomic E-state index is 5.52. The third kappa shape index (κ3) is 5.39. The zero-order valence-corrected chi connectivity index (χ0v) is 11.5. The van der Waals surface area contributed by atoms with Gasteiger partial charge in [-0.1, -0.05) is 40.0 Å². The minimum Gasteiger partial charge on any atom is -0.352 e. The van der Waals surface area contributed by atoms with Crippen LogP contribution in [0, 0.1) is 11.8 Å². The molecule has 0 radical (unpaired) electrons. The van der Waals surface area contributed by atoms with E-state index < -0.39 is 0 Å². The van der Waals surface area contributed by atoms with Crippen molar-refractivity contribution in [3.63, 3.8) is 0 Å². The highest BCUT2D eigenvalue weighted by atomic mass is 15.3. The van der Waals surface area contributed by atoms with Gasteiger partial charge >= 0.3 is 0 Å². The SMILES string of the molecule is CC(C)CN=C(NN)NC1CCCCCC1C. The molecule has 1 fully saturated rings. The zero-order chi connectivity index (χ0) is 12.7. The molecule has 2 unspecified atom stereocenters. The van der Waals surface area contributed by atoms with Crippen LogP contribution in [0.15, 0.2) is 4.99 Å². The Hall–Kier alpha value is -0.770. The number of hydrogen-bond donors (Lipinski definition) is 3. The second-order valence-electron chi connectivity index (χ2n) is 5.59. The largest absolute Gasteiger partial charge is 0.352 e. The van der Waals surface area contributed by atoms with Gasteiger partial charge < -0.3 is 5.32 Å². The van der Waals surface area contributed by atoms with Crippen molar-refractivity contribution in [3.05, 3.63) is 0 Å². The molecule has 0 heterocycles. The van der Waals surface area contributed by atoms with E-state index in [0.29, 0.717) is 17.9 Å². The molecule has 1 saturated carbocycles. The molecule has 0 aromatic carbocycles. The van der Waals surface area contributed by atoms with Gasteiger partial charge in [0.15, 0.2) is 0 Å². The van der Waals surface area contributed by atoms with Crippen LogP contribution in [0.1, 0.15) is 52.9 Å². The summed E-state index contributed by atoms with van der Waals surface area (Å²) in [5, 5.41) is 3.46. The van der Waals surface area contributed by atoms with Crippen LogP contribution < -0.4 is 16.6 Å². The number of hydrogen-bond acceptors (Lipinski definition) is 2. The second kappa shape index (κ2) is 7.54. The number of aliphatic imine (C=N–C) groups is 1. The Labute approximate surface area is 105 Å². The Kier molecular flexibility index (Phi) is 6.34. The number of guanidine groups is 1. The quantitative estimate of drug-likeness (QED) is 0.232. The normalized spacial score (nSPS) is 26.8. The van der Waals surface area contributed by atoms with Crippen molar-refractivity contribution in [2.45, 2.75) is 58.9 Å². The van der Waals surface area contributed by atoms with E-state index in [1.807, 2.05) is 0 Å². The molecule has 0 bridgehead atoms. The monoisotopic (exact) mass is 240 g/mol. The van der Waals surface area contributed by atoms with Gasteiger partial charge in [0.05, 0.1) is 0 Å². The van der Waals surface area contributed by atoms with Crippen LogP contribution in [0.4, 0.5) is 0 Å². The van der Waals surface area contributed by atoms with Gasteiger partial charge in [-0.25, -0.2) is 5.84 Å². The molecule has 1 aliphatic carbocycles. The summed E-state index contributed by atoms with van der Waals surface area (Å²) in [6.45, 7) is 7.45. The smallest absolute Gasteiger partial charge is 0.205 e. The first-order valence-corrected chi connectivity index (χ1v) is 6.91. The molecule has 4 heteroatoms. The van der Waals surface area contributed by atoms with Gasteiger partial charge in [0.1, 0.15) is 0 Å². The maximum Gasteiger partial charge on any atom is 0.205 e. The van der Waals surface area contributed by atoms with E-state index in [1.165, 1.54) is 32.1 Å². The average Bonchev–Trinajstić information content (AvgIpc) is 2.49. The van der Waals surface area contributed by atoms with Gasteiger partial charge in [0.25, 0.3) is 0 Å². The second-order valence-corrected chi connectivity index (χ2v) is 5.59. The van der Waals surface area contributed by atoms with Crippen LogP contribution in [0.2, 0.25) is 0 Å². The summed E-state index contributed by atoms with van der Waals surface area (Å²) in [5.41, 5.74) is 2.68. The number of hydrazine groups is 1. The fourth-order valence-corrected chi connectivity index (χ4v) is 2.29. The van der Waals surface area contributed by atoms with Crippen molar-refractivity contribution in [3.8, 4) is 0 Å². The number of rotatable bonds is 3. The molecule has 0 spiro atoms. The van der Waals surface area contributed by atoms with E-state index in [0.717, 1.165) is 12.5 Å². The highest BCUT2D eigenvalue weighted by Gasteiger charge is 2.20. The number of nitrogens with zero attached hydrogens (tertiary/aromatic N) is 1. The number of nitrogens with one attached hydrogen (secondary N) is 2. The van der Waals surface area contributed by atoms with E-state index in [1.54, 1.807) is 0 Å². The molecule has 1 aliphatic rings. The van der Waals surface area contributed by atoms with E-state index in [2.05, 4.69) is 36.5 Å². The first kappa shape index (κ1) is 14.3. The van der Waals surface area contributed by atoms with Gasteiger partial charge in [-0.15, -0.1) is 0 Å². The lowest BCUT2D eigenvalue weighted by molar-refractivity contribution is 0.396. The van der Waals surface area contributed by atoms with Crippen molar-refractivity contribution in [1.82, 2.24) is 10.7 Å². The van der Waals surface area contributed by atoms with E-state index >= 15 is 0 Å². The summed E-state index contributed by atoms with van der Waals surface area (Å²) in [5.74, 6) is 7.53. The third-order valence-electron chi connectivity index (χ3n) is 3.43. The highest BCUT2D eigenvalue weighted by Crippen LogP contribution is 2.22. The zero-order valence-electron chi connectivity index (χ0n) is 11.5. The van der Waals surface area contributed by atoms with Gasteiger partial charge in [-0.3, -0.25) is 10.4 Å². The summed E-state index contributed by atoms with van der Waals surface area (Å²) in [7, 11) is 0. The molecule has 4 nitrogen and oxygen atoms in total. The number of nitrogens with two attached hydrogens (primary N) is 1. The lowest BCUT2D eigenvalue weighted by Crippen LogP contribution is -2.48. The van der Waals surface area contributed by atoms with Gasteiger partial charge in [0.2, 0.25) is 5.96 Å². The minimum atomic E-state index is 0.513. The molecule has 0 aromatic rings. The standard InChI is InChI=1S/C13H28N4/c1-10(2)9-15-13(17-14)16-12-8-6-4-5-7-11(12)3/h10-12H,4-9,14H2,1-3H3,(H2,15,16,17). The lowest BCUT2D eigenvalue weighted by Gasteiger charge is -2.24. The predicted molar refractivity (Wildman–Crippen MR) is 73.6 cm³/mol. The molecule has 1 rings (SSSR count). The Morgan fingerprint density at radius 2 is 2.00 bits per heavy atom. The summed E-state index contributed by atoms with van der Waals surface area (Å²) < 4.78 is 0. The fraction of sp³-hybridized carbons (Fsp3) is 0.923. The first-order chi connectivity index (χ1) is 8.13. The van der Waals surface area contributed by atoms with Crippen molar-refractivity contribution in [2.24, 2.45) is 22.7 Å². The topological polar surface area (TPSA) is 62.4 Å². The molecular weight excluding hydrogens is 212 g/mol. The van der Waals surface area contributed by atoms with E-state index in [-0.39, 0.29) is 0 Å². The van der Waals surface area contributed by atoms with Gasteiger partial charge in [-0.05, 0) is 24.7 Å². The van der Waals surface area contributed by atoms with Crippen LogP contribution in [-0.2, 0) is 0 Å². The van der Waals surface area contributed by atoms with E-state index in [4.69, 9.17) is 5.84 Å². The highest BCUT2D eigenvalue weighted by molar-refractivity contribution is 5.79. The molecule has 2 atom stereocenters. The molecule has 17 heavy (non-hydrogen) atoms. The van der Waals surface area contributed by atoms with Crippen molar-refractivity contribution < 1.29 is 0 Å². The summed E-state index contributed by atoms with van der Waals surface area (Å²) in [4.78, 5) is 4.47. The van der Waals surface area contributed by atoms with Crippen LogP contribution in [-0.4, -0.2) is 18.5 Å². The van der Waals surface area contributed by atoms with Crippen molar-refractivity contribution in [1.29, 1.82) is 0 Å². The van der Waals surface area contributed by atoms with Crippen molar-refractivity contribution >= 4 is 5.96 Å². The molecular formula is C13H28N4. The Morgan fingerprint density at radius 3 is 2.65 bits per heavy atom. The predicted octanol–water partition coefficient (Wildman–Crippen LogP) is 2.02. The average molecular weight is 240 g/mol. The molecule has 100 valence electrons. The lowest BCUT2D eigenvalue weighted by atomic mass is 9.97. The molecule has 0 aromatic heterocycles. The minimum absolute atomic E-state index is 0.513. The van der Waals surface area contributed by atoms with Crippen molar-refractivity contribution in [2.75, 3.05) is 6.54 Å². The van der Waals surface area contributed by atoms with Crippen LogP contribution in [0.5, 0.6) is 0 Å².